The van der Waals surface area contributed by atoms with Crippen molar-refractivity contribution in [3.05, 3.63) is 23.5 Å². The molecule has 6 nitrogen and oxygen atoms in total. The van der Waals surface area contributed by atoms with Crippen LogP contribution in [0.4, 0.5) is 13.2 Å². The third-order valence-corrected chi connectivity index (χ3v) is 4.37. The number of allylic oxidation sites excluding steroid dienone is 4. The molecule has 1 aliphatic heterocycles. The molecule has 0 amide bonds. The molecule has 1 aromatic heterocycles. The highest BCUT2D eigenvalue weighted by Crippen LogP contribution is 2.33. The quantitative estimate of drug-likeness (QED) is 0.844. The van der Waals surface area contributed by atoms with E-state index in [1.807, 2.05) is 0 Å². The van der Waals surface area contributed by atoms with Gasteiger partial charge in [0.2, 0.25) is 0 Å². The summed E-state index contributed by atoms with van der Waals surface area (Å²) in [7, 11) is 0. The Hall–Kier alpha value is -1.74. The number of tetrazole rings is 1. The number of ether oxygens (including phenoxy) is 1. The third kappa shape index (κ3) is 3.51. The van der Waals surface area contributed by atoms with Crippen molar-refractivity contribution in [1.82, 2.24) is 25.1 Å². The molecule has 1 fully saturated rings. The topological polar surface area (TPSA) is 56.1 Å². The van der Waals surface area contributed by atoms with Crippen molar-refractivity contribution in [3.63, 3.8) is 0 Å². The van der Waals surface area contributed by atoms with Crippen molar-refractivity contribution in [2.75, 3.05) is 19.8 Å². The average molecular weight is 343 g/mol. The fourth-order valence-corrected chi connectivity index (χ4v) is 2.93. The Kier molecular flexibility index (Phi) is 4.48. The highest BCUT2D eigenvalue weighted by Gasteiger charge is 2.35. The summed E-state index contributed by atoms with van der Waals surface area (Å²) in [6.07, 6.45) is -1.22. The number of halogens is 3. The average Bonchev–Trinajstić information content (AvgIpc) is 2.97. The molecule has 1 aliphatic carbocycles. The second-order valence-electron chi connectivity index (χ2n) is 6.63. The molecule has 1 aromatic rings. The fourth-order valence-electron chi connectivity index (χ4n) is 2.93. The molecule has 0 aromatic carbocycles. The first-order valence-electron chi connectivity index (χ1n) is 7.86. The van der Waals surface area contributed by atoms with Crippen molar-refractivity contribution in [3.8, 4) is 0 Å². The van der Waals surface area contributed by atoms with Gasteiger partial charge in [-0.15, -0.1) is 5.10 Å². The van der Waals surface area contributed by atoms with Crippen LogP contribution in [0.1, 0.15) is 32.5 Å². The van der Waals surface area contributed by atoms with E-state index in [1.165, 1.54) is 10.8 Å². The largest absolute Gasteiger partial charge is 0.416 e. The van der Waals surface area contributed by atoms with Gasteiger partial charge in [0.25, 0.3) is 0 Å². The predicted octanol–water partition coefficient (Wildman–Crippen LogP) is 2.41. The Balaban J connectivity index is 1.83. The molecule has 1 saturated heterocycles. The summed E-state index contributed by atoms with van der Waals surface area (Å²) in [6, 6.07) is 0. The van der Waals surface area contributed by atoms with Gasteiger partial charge in [-0.2, -0.15) is 13.2 Å². The van der Waals surface area contributed by atoms with Crippen LogP contribution < -0.4 is 0 Å². The van der Waals surface area contributed by atoms with E-state index in [9.17, 15) is 13.2 Å². The third-order valence-electron chi connectivity index (χ3n) is 4.37. The first-order chi connectivity index (χ1) is 11.3. The lowest BCUT2D eigenvalue weighted by atomic mass is 10.0. The number of nitrogens with zero attached hydrogens (tertiary/aromatic N) is 5. The van der Waals surface area contributed by atoms with E-state index in [2.05, 4.69) is 34.3 Å². The number of rotatable bonds is 3. The molecule has 2 aliphatic rings. The zero-order chi connectivity index (χ0) is 17.4. The maximum Gasteiger partial charge on any atom is 0.416 e. The van der Waals surface area contributed by atoms with E-state index in [1.54, 1.807) is 0 Å². The van der Waals surface area contributed by atoms with E-state index >= 15 is 0 Å². The molecule has 9 heteroatoms. The van der Waals surface area contributed by atoms with E-state index in [-0.39, 0.29) is 5.54 Å². The molecule has 3 rings (SSSR count). The Morgan fingerprint density at radius 2 is 2.12 bits per heavy atom. The molecule has 0 bridgehead atoms. The Morgan fingerprint density at radius 3 is 2.83 bits per heavy atom. The fraction of sp³-hybridized carbons (Fsp3) is 0.667. The summed E-state index contributed by atoms with van der Waals surface area (Å²) in [6.45, 7) is 6.53. The van der Waals surface area contributed by atoms with Crippen LogP contribution in [0.5, 0.6) is 0 Å². The number of aromatic nitrogens is 4. The van der Waals surface area contributed by atoms with Crippen molar-refractivity contribution in [2.24, 2.45) is 0 Å². The second-order valence-corrected chi connectivity index (χ2v) is 6.63. The molecule has 0 saturated carbocycles. The Labute approximate surface area is 138 Å². The summed E-state index contributed by atoms with van der Waals surface area (Å²) in [5.74, 6) is 0.541. The van der Waals surface area contributed by atoms with Gasteiger partial charge in [-0.25, -0.2) is 4.68 Å². The summed E-state index contributed by atoms with van der Waals surface area (Å²) in [5, 5.41) is 11.6. The number of hydrogen-bond acceptors (Lipinski definition) is 5. The van der Waals surface area contributed by atoms with Crippen LogP contribution in [-0.2, 0) is 11.3 Å². The molecule has 0 radical (unpaired) electrons. The van der Waals surface area contributed by atoms with Crippen LogP contribution in [0.2, 0.25) is 0 Å². The first-order valence-corrected chi connectivity index (χ1v) is 7.86. The zero-order valence-corrected chi connectivity index (χ0v) is 13.7. The molecule has 24 heavy (non-hydrogen) atoms. The van der Waals surface area contributed by atoms with E-state index in [4.69, 9.17) is 4.74 Å². The molecule has 0 unspecified atom stereocenters. The van der Waals surface area contributed by atoms with Gasteiger partial charge in [0.1, 0.15) is 0 Å². The highest BCUT2D eigenvalue weighted by atomic mass is 19.4. The minimum Gasteiger partial charge on any atom is -0.378 e. The van der Waals surface area contributed by atoms with Crippen molar-refractivity contribution >= 4 is 5.70 Å². The molecule has 2 heterocycles. The maximum absolute atomic E-state index is 12.9. The molecule has 0 spiro atoms. The van der Waals surface area contributed by atoms with Crippen LogP contribution in [0.15, 0.2) is 17.7 Å². The number of hydrogen-bond donors (Lipinski definition) is 0. The molecular weight excluding hydrogens is 323 g/mol. The van der Waals surface area contributed by atoms with Crippen LogP contribution in [0.3, 0.4) is 0 Å². The lowest BCUT2D eigenvalue weighted by Crippen LogP contribution is -2.52. The maximum atomic E-state index is 12.9. The Morgan fingerprint density at radius 1 is 1.33 bits per heavy atom. The van der Waals surface area contributed by atoms with Gasteiger partial charge in [0.05, 0.1) is 25.3 Å². The van der Waals surface area contributed by atoms with E-state index in [0.717, 1.165) is 12.6 Å². The predicted molar refractivity (Wildman–Crippen MR) is 80.8 cm³/mol. The zero-order valence-electron chi connectivity index (χ0n) is 13.7. The van der Waals surface area contributed by atoms with Gasteiger partial charge in [-0.05, 0) is 43.2 Å². The lowest BCUT2D eigenvalue weighted by Gasteiger charge is -2.41. The summed E-state index contributed by atoms with van der Waals surface area (Å²) >= 11 is 0. The van der Waals surface area contributed by atoms with Crippen LogP contribution in [0.25, 0.3) is 5.70 Å². The van der Waals surface area contributed by atoms with Crippen molar-refractivity contribution in [2.45, 2.75) is 44.9 Å². The summed E-state index contributed by atoms with van der Waals surface area (Å²) < 4.78 is 45.7. The van der Waals surface area contributed by atoms with Crippen molar-refractivity contribution < 1.29 is 17.9 Å². The van der Waals surface area contributed by atoms with Gasteiger partial charge in [0, 0.05) is 17.8 Å². The molecule has 132 valence electrons. The molecule has 0 atom stereocenters. The van der Waals surface area contributed by atoms with E-state index in [0.29, 0.717) is 44.1 Å². The standard InChI is InChI=1S/C15H20F3N5O/c1-14(2)10-24-7-6-22(14)9-13-19-20-21-23(13)12-5-3-4-11(8-12)15(16,17)18/h4,8H,3,5-7,9-10H2,1-2H3. The van der Waals surface area contributed by atoms with Gasteiger partial charge >= 0.3 is 6.18 Å². The summed E-state index contributed by atoms with van der Waals surface area (Å²) in [5.41, 5.74) is -0.347. The minimum atomic E-state index is -4.36. The van der Waals surface area contributed by atoms with Crippen LogP contribution in [0, 0.1) is 0 Å². The minimum absolute atomic E-state index is 0.174. The SMILES string of the molecule is CC1(C)COCCN1Cc1nnnn1C1=CC(C(F)(F)F)=CCC1. The van der Waals surface area contributed by atoms with Crippen LogP contribution in [-0.4, -0.2) is 56.6 Å². The molecule has 0 N–H and O–H groups in total. The summed E-state index contributed by atoms with van der Waals surface area (Å²) in [4.78, 5) is 2.18. The van der Waals surface area contributed by atoms with Gasteiger partial charge in [0.15, 0.2) is 5.82 Å². The highest BCUT2D eigenvalue weighted by molar-refractivity contribution is 5.54. The monoisotopic (exact) mass is 343 g/mol. The van der Waals surface area contributed by atoms with Crippen LogP contribution >= 0.6 is 0 Å². The van der Waals surface area contributed by atoms with Gasteiger partial charge in [-0.3, -0.25) is 4.90 Å². The first kappa shape index (κ1) is 17.1. The van der Waals surface area contributed by atoms with Crippen molar-refractivity contribution in [1.29, 1.82) is 0 Å². The smallest absolute Gasteiger partial charge is 0.378 e. The lowest BCUT2D eigenvalue weighted by molar-refractivity contribution is -0.0885. The second kappa shape index (κ2) is 6.29. The molecular formula is C15H20F3N5O. The van der Waals surface area contributed by atoms with Gasteiger partial charge in [-0.1, -0.05) is 6.08 Å². The van der Waals surface area contributed by atoms with E-state index < -0.39 is 11.7 Å². The normalized spacial score (nSPS) is 22.2. The van der Waals surface area contributed by atoms with Gasteiger partial charge < -0.3 is 4.74 Å². The number of alkyl halides is 3. The Bertz CT molecular complexity index is 662. The number of morpholine rings is 1.